The maximum absolute atomic E-state index is 10.4. The molecule has 0 aromatic rings. The van der Waals surface area contributed by atoms with E-state index in [1.807, 2.05) is 0 Å². The van der Waals surface area contributed by atoms with Crippen molar-refractivity contribution in [3.8, 4) is 0 Å². The lowest BCUT2D eigenvalue weighted by Gasteiger charge is -1.97. The number of sulfonamides is 1. The molecule has 0 fully saturated rings. The van der Waals surface area contributed by atoms with Crippen molar-refractivity contribution in [1.29, 1.82) is 0 Å². The van der Waals surface area contributed by atoms with E-state index in [9.17, 15) is 8.42 Å². The smallest absolute Gasteiger partial charge is 0.259 e. The lowest BCUT2D eigenvalue weighted by atomic mass is 11.8. The minimum absolute atomic E-state index is 0.977. The molecule has 0 radical (unpaired) electrons. The summed E-state index contributed by atoms with van der Waals surface area (Å²) in [6.45, 7) is 0. The Morgan fingerprint density at radius 1 is 1.30 bits per heavy atom. The highest BCUT2D eigenvalue weighted by Gasteiger charge is 1.99. The first-order chi connectivity index (χ1) is 4.49. The number of hydrogen-bond donors (Lipinski definition) is 0. The lowest BCUT2D eigenvalue weighted by molar-refractivity contribution is 0.369. The van der Waals surface area contributed by atoms with Crippen molar-refractivity contribution in [3.63, 3.8) is 0 Å². The first-order valence-electron chi connectivity index (χ1n) is 2.26. The second-order valence-electron chi connectivity index (χ2n) is 1.36. The minimum atomic E-state index is -3.36. The number of rotatable bonds is 3. The molecule has 0 aliphatic carbocycles. The molecule has 0 heterocycles. The number of nitrogens with zero attached hydrogens (tertiary/aromatic N) is 1. The second-order valence-corrected chi connectivity index (χ2v) is 4.52. The molecule has 10 heavy (non-hydrogen) atoms. The third kappa shape index (κ3) is 4.86. The zero-order valence-electron chi connectivity index (χ0n) is 5.90. The summed E-state index contributed by atoms with van der Waals surface area (Å²) in [6.07, 6.45) is 0.977. The molecule has 0 unspecified atom stereocenters. The van der Waals surface area contributed by atoms with Gasteiger partial charge in [-0.3, -0.25) is 8.37 Å². The summed E-state index contributed by atoms with van der Waals surface area (Å²) in [4.78, 5) is 0. The molecule has 0 atom stereocenters. The molecule has 0 aliphatic rings. The first kappa shape index (κ1) is 10.0. The van der Waals surface area contributed by atoms with Gasteiger partial charge in [-0.15, -0.1) is 0 Å². The van der Waals surface area contributed by atoms with Gasteiger partial charge >= 0.3 is 0 Å². The van der Waals surface area contributed by atoms with Gasteiger partial charge in [0.05, 0.1) is 20.5 Å². The molecule has 0 aliphatic heterocycles. The Hall–Kier alpha value is 0.0200. The Balaban J connectivity index is 4.42. The van der Waals surface area contributed by atoms with Crippen molar-refractivity contribution in [1.82, 2.24) is 0 Å². The van der Waals surface area contributed by atoms with Crippen molar-refractivity contribution in [2.75, 3.05) is 20.5 Å². The molecule has 62 valence electrons. The van der Waals surface area contributed by atoms with Gasteiger partial charge in [0.2, 0.25) is 0 Å². The topological polar surface area (TPSA) is 65.0 Å². The predicted octanol–water partition coefficient (Wildman–Crippen LogP) is -0.129. The summed E-state index contributed by atoms with van der Waals surface area (Å²) in [5.41, 5.74) is 0. The highest BCUT2D eigenvalue weighted by atomic mass is 32.3. The van der Waals surface area contributed by atoms with Crippen molar-refractivity contribution in [2.45, 2.75) is 0 Å². The van der Waals surface area contributed by atoms with Gasteiger partial charge in [-0.2, -0.15) is 0 Å². The average Bonchev–Trinajstić information content (AvgIpc) is 1.81. The van der Waals surface area contributed by atoms with Crippen LogP contribution in [0.2, 0.25) is 0 Å². The van der Waals surface area contributed by atoms with E-state index in [2.05, 4.69) is 12.1 Å². The van der Waals surface area contributed by atoms with Gasteiger partial charge in [-0.05, 0) is 0 Å². The molecule has 0 spiro atoms. The molecule has 7 heteroatoms. The van der Waals surface area contributed by atoms with E-state index in [1.165, 1.54) is 14.2 Å². The van der Waals surface area contributed by atoms with Crippen LogP contribution in [0.25, 0.3) is 0 Å². The van der Waals surface area contributed by atoms with Crippen molar-refractivity contribution >= 4 is 21.3 Å². The summed E-state index contributed by atoms with van der Waals surface area (Å²) in [7, 11) is -0.719. The van der Waals surface area contributed by atoms with E-state index in [0.29, 0.717) is 0 Å². The van der Waals surface area contributed by atoms with Gasteiger partial charge in [0.1, 0.15) is 0 Å². The van der Waals surface area contributed by atoms with E-state index in [-0.39, 0.29) is 0 Å². The summed E-state index contributed by atoms with van der Waals surface area (Å²) >= 11 is -1.27. The van der Waals surface area contributed by atoms with Crippen LogP contribution in [0.4, 0.5) is 0 Å². The van der Waals surface area contributed by atoms with Crippen LogP contribution in [0.3, 0.4) is 0 Å². The monoisotopic (exact) mass is 187 g/mol. The van der Waals surface area contributed by atoms with Crippen molar-refractivity contribution < 1.29 is 16.8 Å². The van der Waals surface area contributed by atoms with Crippen LogP contribution >= 0.6 is 0 Å². The van der Waals surface area contributed by atoms with Gasteiger partial charge in [0.25, 0.3) is 10.0 Å². The Morgan fingerprint density at radius 3 is 1.80 bits per heavy atom. The van der Waals surface area contributed by atoms with E-state index in [4.69, 9.17) is 0 Å². The van der Waals surface area contributed by atoms with E-state index >= 15 is 0 Å². The van der Waals surface area contributed by atoms with E-state index in [1.54, 1.807) is 0 Å². The molecule has 5 nitrogen and oxygen atoms in total. The van der Waals surface area contributed by atoms with Gasteiger partial charge < -0.3 is 0 Å². The third-order valence-corrected chi connectivity index (χ3v) is 2.62. The van der Waals surface area contributed by atoms with Crippen LogP contribution in [-0.4, -0.2) is 28.9 Å². The van der Waals surface area contributed by atoms with Crippen LogP contribution in [0.5, 0.6) is 0 Å². The Morgan fingerprint density at radius 2 is 1.70 bits per heavy atom. The molecule has 0 saturated carbocycles. The molecular formula is C3H9NO4S2. The zero-order valence-corrected chi connectivity index (χ0v) is 7.53. The number of hydrogen-bond acceptors (Lipinski definition) is 4. The summed E-state index contributed by atoms with van der Waals surface area (Å²) in [5.74, 6) is 0. The first-order valence-corrected chi connectivity index (χ1v) is 5.14. The van der Waals surface area contributed by atoms with Crippen LogP contribution in [-0.2, 0) is 29.6 Å². The summed E-state index contributed by atoms with van der Waals surface area (Å²) in [6, 6.07) is 0. The fourth-order valence-corrected chi connectivity index (χ4v) is 1.75. The normalized spacial score (nSPS) is 12.0. The van der Waals surface area contributed by atoms with Gasteiger partial charge in [-0.1, -0.05) is 3.77 Å². The molecular weight excluding hydrogens is 178 g/mol. The maximum Gasteiger partial charge on any atom is 0.259 e. The highest BCUT2D eigenvalue weighted by molar-refractivity contribution is 7.96. The molecule has 0 aromatic heterocycles. The fourth-order valence-electron chi connectivity index (χ4n) is 0.239. The fraction of sp³-hybridized carbons (Fsp3) is 1.00. The van der Waals surface area contributed by atoms with Gasteiger partial charge in [-0.25, -0.2) is 8.42 Å². The molecule has 0 bridgehead atoms. The highest BCUT2D eigenvalue weighted by Crippen LogP contribution is 1.94. The molecule has 0 amide bonds. The maximum atomic E-state index is 10.4. The van der Waals surface area contributed by atoms with Crippen LogP contribution in [0.1, 0.15) is 0 Å². The Bertz CT molecular complexity index is 213. The zero-order chi connectivity index (χ0) is 8.20. The van der Waals surface area contributed by atoms with E-state index in [0.717, 1.165) is 6.26 Å². The van der Waals surface area contributed by atoms with E-state index < -0.39 is 21.3 Å². The largest absolute Gasteiger partial charge is 0.287 e. The third-order valence-electron chi connectivity index (χ3n) is 0.481. The molecule has 0 aromatic carbocycles. The van der Waals surface area contributed by atoms with Crippen molar-refractivity contribution in [3.05, 3.63) is 0 Å². The van der Waals surface area contributed by atoms with Crippen LogP contribution in [0, 0.1) is 0 Å². The van der Waals surface area contributed by atoms with Crippen LogP contribution < -0.4 is 0 Å². The molecule has 0 rings (SSSR count). The van der Waals surface area contributed by atoms with Crippen LogP contribution in [0.15, 0.2) is 3.77 Å². The average molecular weight is 187 g/mol. The molecule has 0 N–H and O–H groups in total. The predicted molar refractivity (Wildman–Crippen MR) is 38.7 cm³/mol. The van der Waals surface area contributed by atoms with Gasteiger partial charge in [0.15, 0.2) is 11.3 Å². The second kappa shape index (κ2) is 4.02. The summed E-state index contributed by atoms with van der Waals surface area (Å²) < 4.78 is 33.2. The summed E-state index contributed by atoms with van der Waals surface area (Å²) in [5, 5.41) is 0. The SMILES string of the molecule is COS(=NS(C)(=O)=O)OC. The lowest BCUT2D eigenvalue weighted by Crippen LogP contribution is -1.99. The van der Waals surface area contributed by atoms with Crippen molar-refractivity contribution in [2.24, 2.45) is 3.77 Å². The quantitative estimate of drug-likeness (QED) is 0.617. The van der Waals surface area contributed by atoms with Gasteiger partial charge in [0, 0.05) is 0 Å². The molecule has 0 saturated heterocycles. The Labute approximate surface area is 62.9 Å². The minimum Gasteiger partial charge on any atom is -0.287 e. The standard InChI is InChI=1S/C3H9NO4S2/c1-7-9(8-2)4-10(3,5)6/h1-3H3. The Kier molecular flexibility index (Phi) is 4.02.